The van der Waals surface area contributed by atoms with Gasteiger partial charge >= 0.3 is 0 Å². The minimum atomic E-state index is -1.36. The molecule has 1 saturated carbocycles. The van der Waals surface area contributed by atoms with E-state index in [9.17, 15) is 4.79 Å². The fraction of sp³-hybridized carbons (Fsp3) is 0.625. The summed E-state index contributed by atoms with van der Waals surface area (Å²) < 4.78 is 0. The van der Waals surface area contributed by atoms with E-state index >= 15 is 0 Å². The van der Waals surface area contributed by atoms with Crippen LogP contribution >= 0.6 is 0 Å². The van der Waals surface area contributed by atoms with Gasteiger partial charge in [0.05, 0.1) is 16.1 Å². The lowest BCUT2D eigenvalue weighted by Gasteiger charge is -2.38. The quantitative estimate of drug-likeness (QED) is 0.465. The Kier molecular flexibility index (Phi) is 5.27. The number of benzene rings is 1. The van der Waals surface area contributed by atoms with E-state index in [1.54, 1.807) is 21.5 Å². The van der Waals surface area contributed by atoms with Gasteiger partial charge in [-0.1, -0.05) is 74.8 Å². The van der Waals surface area contributed by atoms with E-state index in [-0.39, 0.29) is 5.41 Å². The van der Waals surface area contributed by atoms with Gasteiger partial charge in [-0.3, -0.25) is 4.79 Å². The maximum absolute atomic E-state index is 12.5. The molecule has 2 aliphatic carbocycles. The summed E-state index contributed by atoms with van der Waals surface area (Å²) in [4.78, 5) is 12.5. The third-order valence-electron chi connectivity index (χ3n) is 7.24. The molecule has 3 rings (SSSR count). The number of rotatable bonds is 6. The molecule has 3 heteroatoms. The second-order valence-electron chi connectivity index (χ2n) is 11.3. The van der Waals surface area contributed by atoms with Crippen LogP contribution in [-0.4, -0.2) is 21.9 Å². The van der Waals surface area contributed by atoms with E-state index in [0.717, 1.165) is 25.7 Å². The number of hydrogen-bond donors (Lipinski definition) is 0. The molecule has 1 unspecified atom stereocenters. The second kappa shape index (κ2) is 6.84. The molecule has 1 fully saturated rings. The SMILES string of the molecule is C=C[C@@H]1CCC(=O)[C@@]1(C)CCC1Cc2cc([Si](C)(C)C)c([Si](C)(C)C)cc21. The molecule has 148 valence electrons. The second-order valence-corrected chi connectivity index (χ2v) is 21.3. The van der Waals surface area contributed by atoms with Crippen molar-refractivity contribution in [2.24, 2.45) is 11.3 Å². The lowest BCUT2D eigenvalue weighted by molar-refractivity contribution is -0.126. The van der Waals surface area contributed by atoms with Gasteiger partial charge in [0.25, 0.3) is 0 Å². The fourth-order valence-electron chi connectivity index (χ4n) is 5.24. The highest BCUT2D eigenvalue weighted by atomic mass is 28.3. The average Bonchev–Trinajstić information content (AvgIpc) is 2.80. The summed E-state index contributed by atoms with van der Waals surface area (Å²) in [7, 11) is -2.69. The molecule has 2 aliphatic rings. The van der Waals surface area contributed by atoms with Crippen molar-refractivity contribution in [2.75, 3.05) is 0 Å². The average molecular weight is 399 g/mol. The summed E-state index contributed by atoms with van der Waals surface area (Å²) in [5, 5.41) is 3.39. The summed E-state index contributed by atoms with van der Waals surface area (Å²) in [6.07, 6.45) is 7.15. The van der Waals surface area contributed by atoms with Crippen molar-refractivity contribution in [3.63, 3.8) is 0 Å². The molecular formula is C24H38OSi2. The lowest BCUT2D eigenvalue weighted by Crippen LogP contribution is -2.57. The molecular weight excluding hydrogens is 360 g/mol. The van der Waals surface area contributed by atoms with Crippen molar-refractivity contribution in [2.45, 2.75) is 84.2 Å². The minimum Gasteiger partial charge on any atom is -0.299 e. The van der Waals surface area contributed by atoms with Gasteiger partial charge in [-0.05, 0) is 48.6 Å². The van der Waals surface area contributed by atoms with E-state index in [1.807, 2.05) is 6.08 Å². The molecule has 0 radical (unpaired) electrons. The Balaban J connectivity index is 1.84. The molecule has 1 aromatic carbocycles. The highest BCUT2D eigenvalue weighted by Crippen LogP contribution is 2.48. The van der Waals surface area contributed by atoms with Crippen LogP contribution in [0.4, 0.5) is 0 Å². The highest BCUT2D eigenvalue weighted by Gasteiger charge is 2.45. The number of allylic oxidation sites excluding steroid dienone is 1. The van der Waals surface area contributed by atoms with Crippen LogP contribution in [0.25, 0.3) is 0 Å². The molecule has 0 heterocycles. The Hall–Kier alpha value is -0.936. The summed E-state index contributed by atoms with van der Waals surface area (Å²) in [5.74, 6) is 1.49. The van der Waals surface area contributed by atoms with Crippen LogP contribution in [0.2, 0.25) is 39.3 Å². The summed E-state index contributed by atoms with van der Waals surface area (Å²) >= 11 is 0. The Morgan fingerprint density at radius 1 is 1.11 bits per heavy atom. The maximum Gasteiger partial charge on any atom is 0.139 e. The summed E-state index contributed by atoms with van der Waals surface area (Å²) in [5.41, 5.74) is 3.01. The molecule has 1 aromatic rings. The third kappa shape index (κ3) is 3.70. The van der Waals surface area contributed by atoms with Crippen LogP contribution in [0.3, 0.4) is 0 Å². The Morgan fingerprint density at radius 3 is 2.26 bits per heavy atom. The molecule has 0 saturated heterocycles. The molecule has 1 nitrogen and oxygen atoms in total. The first-order chi connectivity index (χ1) is 12.4. The monoisotopic (exact) mass is 398 g/mol. The normalized spacial score (nSPS) is 28.0. The first-order valence-corrected chi connectivity index (χ1v) is 17.7. The van der Waals surface area contributed by atoms with Gasteiger partial charge in [0.2, 0.25) is 0 Å². The van der Waals surface area contributed by atoms with Crippen molar-refractivity contribution in [1.82, 2.24) is 0 Å². The van der Waals surface area contributed by atoms with Gasteiger partial charge in [-0.2, -0.15) is 0 Å². The molecule has 3 atom stereocenters. The van der Waals surface area contributed by atoms with Gasteiger partial charge < -0.3 is 0 Å². The van der Waals surface area contributed by atoms with Gasteiger partial charge in [-0.15, -0.1) is 6.58 Å². The zero-order valence-electron chi connectivity index (χ0n) is 18.5. The first kappa shape index (κ1) is 20.8. The van der Waals surface area contributed by atoms with Crippen LogP contribution in [-0.2, 0) is 11.2 Å². The van der Waals surface area contributed by atoms with E-state index in [4.69, 9.17) is 0 Å². The fourth-order valence-corrected chi connectivity index (χ4v) is 10.4. The molecule has 0 aliphatic heterocycles. The van der Waals surface area contributed by atoms with Crippen molar-refractivity contribution >= 4 is 32.3 Å². The predicted octanol–water partition coefficient (Wildman–Crippen LogP) is 5.37. The van der Waals surface area contributed by atoms with Crippen LogP contribution in [0.1, 0.15) is 49.7 Å². The zero-order valence-corrected chi connectivity index (χ0v) is 20.5. The van der Waals surface area contributed by atoms with Gasteiger partial charge in [0, 0.05) is 11.8 Å². The Bertz CT molecular complexity index is 766. The minimum absolute atomic E-state index is 0.169. The third-order valence-corrected chi connectivity index (χ3v) is 11.5. The molecule has 0 amide bonds. The van der Waals surface area contributed by atoms with Crippen molar-refractivity contribution < 1.29 is 4.79 Å². The lowest BCUT2D eigenvalue weighted by atomic mass is 9.69. The molecule has 0 N–H and O–H groups in total. The van der Waals surface area contributed by atoms with Crippen LogP contribution in [0.5, 0.6) is 0 Å². The number of Topliss-reactive ketones (excluding diaryl/α,β-unsaturated/α-hetero) is 1. The molecule has 0 aromatic heterocycles. The highest BCUT2D eigenvalue weighted by molar-refractivity contribution is 6.98. The number of carbonyl (C=O) groups is 1. The Morgan fingerprint density at radius 2 is 1.70 bits per heavy atom. The van der Waals surface area contributed by atoms with Crippen LogP contribution in [0.15, 0.2) is 24.8 Å². The van der Waals surface area contributed by atoms with Crippen molar-refractivity contribution in [1.29, 1.82) is 0 Å². The standard InChI is InChI=1S/C24H38OSi2/c1-9-19-10-11-23(25)24(19,2)13-12-17-14-18-15-21(26(3,4)5)22(16-20(17)18)27(6,7)8/h9,15-17,19H,1,10-14H2,2-8H3/t17?,19-,24+/m1/s1. The molecule has 27 heavy (non-hydrogen) atoms. The number of fused-ring (bicyclic) bond motifs is 1. The van der Waals surface area contributed by atoms with Crippen molar-refractivity contribution in [3.8, 4) is 0 Å². The summed E-state index contributed by atoms with van der Waals surface area (Å²) in [6.45, 7) is 21.1. The number of ketones is 1. The van der Waals surface area contributed by atoms with E-state index in [1.165, 1.54) is 6.42 Å². The summed E-state index contributed by atoms with van der Waals surface area (Å²) in [6, 6.07) is 5.16. The molecule has 0 spiro atoms. The topological polar surface area (TPSA) is 17.1 Å². The van der Waals surface area contributed by atoms with E-state index in [2.05, 4.69) is 64.9 Å². The zero-order chi connectivity index (χ0) is 20.2. The Labute approximate surface area is 168 Å². The van der Waals surface area contributed by atoms with E-state index < -0.39 is 16.1 Å². The number of hydrogen-bond acceptors (Lipinski definition) is 1. The predicted molar refractivity (Wildman–Crippen MR) is 124 cm³/mol. The van der Waals surface area contributed by atoms with Gasteiger partial charge in [0.15, 0.2) is 0 Å². The van der Waals surface area contributed by atoms with Gasteiger partial charge in [-0.25, -0.2) is 0 Å². The van der Waals surface area contributed by atoms with Crippen LogP contribution in [0, 0.1) is 11.3 Å². The van der Waals surface area contributed by atoms with Crippen molar-refractivity contribution in [3.05, 3.63) is 35.9 Å². The number of carbonyl (C=O) groups excluding carboxylic acids is 1. The van der Waals surface area contributed by atoms with Gasteiger partial charge in [0.1, 0.15) is 5.78 Å². The largest absolute Gasteiger partial charge is 0.299 e. The molecule has 0 bridgehead atoms. The van der Waals surface area contributed by atoms with E-state index in [0.29, 0.717) is 17.6 Å². The first-order valence-electron chi connectivity index (χ1n) is 10.7. The maximum atomic E-state index is 12.5. The van der Waals surface area contributed by atoms with Crippen LogP contribution < -0.4 is 10.4 Å². The smallest absolute Gasteiger partial charge is 0.139 e.